The number of carbonyl (C=O) groups is 1. The number of aryl methyl sites for hydroxylation is 3. The molecule has 4 aromatic rings. The molecule has 150 valence electrons. The van der Waals surface area contributed by atoms with E-state index in [0.29, 0.717) is 16.0 Å². The molecule has 3 aromatic heterocycles. The molecule has 1 saturated heterocycles. The summed E-state index contributed by atoms with van der Waals surface area (Å²) < 4.78 is 1.77. The fourth-order valence-corrected chi connectivity index (χ4v) is 8.25. The molecule has 8 heteroatoms. The van der Waals surface area contributed by atoms with Gasteiger partial charge in [0.1, 0.15) is 20.2 Å². The van der Waals surface area contributed by atoms with Crippen molar-refractivity contribution < 1.29 is 4.79 Å². The van der Waals surface area contributed by atoms with E-state index in [2.05, 4.69) is 17.5 Å². The molecule has 1 fully saturated rings. The maximum atomic E-state index is 13.7. The number of thioether (sulfide) groups is 1. The number of thiophene rings is 2. The molecule has 0 spiro atoms. The van der Waals surface area contributed by atoms with Crippen LogP contribution in [-0.2, 0) is 17.6 Å². The number of hydrogen-bond donors (Lipinski definition) is 0. The highest BCUT2D eigenvalue weighted by Gasteiger charge is 2.42. The molecule has 1 aromatic carbocycles. The number of benzene rings is 1. The van der Waals surface area contributed by atoms with Gasteiger partial charge in [-0.2, -0.15) is 0 Å². The Morgan fingerprint density at radius 3 is 2.90 bits per heavy atom. The molecule has 6 rings (SSSR count). The molecule has 1 aliphatic carbocycles. The van der Waals surface area contributed by atoms with Gasteiger partial charge in [0.15, 0.2) is 5.82 Å². The molecular weight excluding hydrogens is 451 g/mol. The van der Waals surface area contributed by atoms with E-state index in [0.717, 1.165) is 34.0 Å². The first-order valence-electron chi connectivity index (χ1n) is 9.91. The van der Waals surface area contributed by atoms with Crippen LogP contribution in [0.4, 0.5) is 5.82 Å². The largest absolute Gasteiger partial charge is 0.272 e. The van der Waals surface area contributed by atoms with Gasteiger partial charge < -0.3 is 0 Å². The number of rotatable bonds is 2. The Kier molecular flexibility index (Phi) is 4.46. The first-order valence-corrected chi connectivity index (χ1v) is 12.9. The molecule has 4 nitrogen and oxygen atoms in total. The Hall–Kier alpha value is -1.87. The quantitative estimate of drug-likeness (QED) is 0.329. The maximum absolute atomic E-state index is 13.7. The monoisotopic (exact) mass is 467 g/mol. The predicted molar refractivity (Wildman–Crippen MR) is 131 cm³/mol. The molecule has 0 saturated carbocycles. The molecule has 1 aliphatic heterocycles. The first kappa shape index (κ1) is 18.9. The van der Waals surface area contributed by atoms with Crippen molar-refractivity contribution in [2.45, 2.75) is 37.9 Å². The number of nitrogens with zero attached hydrogens (tertiary/aromatic N) is 3. The van der Waals surface area contributed by atoms with Crippen LogP contribution in [0.2, 0.25) is 0 Å². The minimum Gasteiger partial charge on any atom is -0.272 e. The summed E-state index contributed by atoms with van der Waals surface area (Å²) >= 11 is 10.6. The number of fused-ring (bicyclic) bond motifs is 4. The second-order valence-corrected chi connectivity index (χ2v) is 11.3. The maximum Gasteiger partial charge on any atom is 0.251 e. The molecule has 0 radical (unpaired) electrons. The third-order valence-corrected chi connectivity index (χ3v) is 9.47. The van der Waals surface area contributed by atoms with Gasteiger partial charge in [-0.3, -0.25) is 4.79 Å². The normalized spacial score (nSPS) is 19.2. The smallest absolute Gasteiger partial charge is 0.251 e. The zero-order valence-corrected chi connectivity index (χ0v) is 19.4. The number of hydrogen-bond acceptors (Lipinski definition) is 7. The highest BCUT2D eigenvalue weighted by atomic mass is 32.2. The van der Waals surface area contributed by atoms with Crippen LogP contribution in [0.5, 0.6) is 0 Å². The van der Waals surface area contributed by atoms with Crippen molar-refractivity contribution in [3.63, 3.8) is 0 Å². The molecule has 1 amide bonds. The van der Waals surface area contributed by atoms with E-state index in [1.165, 1.54) is 39.7 Å². The van der Waals surface area contributed by atoms with Crippen LogP contribution in [0.15, 0.2) is 29.6 Å². The van der Waals surface area contributed by atoms with Crippen LogP contribution < -0.4 is 4.90 Å². The summed E-state index contributed by atoms with van der Waals surface area (Å²) in [5.41, 5.74) is 2.37. The van der Waals surface area contributed by atoms with Gasteiger partial charge in [-0.05, 0) is 60.6 Å². The lowest BCUT2D eigenvalue weighted by atomic mass is 9.97. The third kappa shape index (κ3) is 2.77. The number of amides is 1. The van der Waals surface area contributed by atoms with Crippen molar-refractivity contribution in [2.24, 2.45) is 0 Å². The van der Waals surface area contributed by atoms with Crippen molar-refractivity contribution in [1.29, 1.82) is 0 Å². The van der Waals surface area contributed by atoms with Crippen LogP contribution in [-0.4, -0.2) is 20.2 Å². The number of aromatic nitrogens is 2. The van der Waals surface area contributed by atoms with Gasteiger partial charge in [-0.25, -0.2) is 14.9 Å². The molecule has 1 unspecified atom stereocenters. The summed E-state index contributed by atoms with van der Waals surface area (Å²) in [6.07, 6.45) is 4.50. The van der Waals surface area contributed by atoms with Crippen molar-refractivity contribution in [3.05, 3.63) is 51.5 Å². The summed E-state index contributed by atoms with van der Waals surface area (Å²) in [7, 11) is 0. The minimum atomic E-state index is -0.326. The fourth-order valence-electron chi connectivity index (χ4n) is 4.40. The lowest BCUT2D eigenvalue weighted by Gasteiger charge is -2.18. The summed E-state index contributed by atoms with van der Waals surface area (Å²) in [4.78, 5) is 27.2. The van der Waals surface area contributed by atoms with Gasteiger partial charge >= 0.3 is 0 Å². The van der Waals surface area contributed by atoms with Gasteiger partial charge in [-0.1, -0.05) is 42.2 Å². The van der Waals surface area contributed by atoms with Crippen molar-refractivity contribution >= 4 is 83.0 Å². The predicted octanol–water partition coefficient (Wildman–Crippen LogP) is 6.20. The summed E-state index contributed by atoms with van der Waals surface area (Å²) in [6, 6.07) is 8.23. The van der Waals surface area contributed by atoms with Gasteiger partial charge in [0.25, 0.3) is 5.91 Å². The molecule has 0 N–H and O–H groups in total. The zero-order chi connectivity index (χ0) is 20.4. The minimum absolute atomic E-state index is 0.00344. The van der Waals surface area contributed by atoms with Gasteiger partial charge in [0.05, 0.1) is 5.39 Å². The van der Waals surface area contributed by atoms with Gasteiger partial charge in [0.2, 0.25) is 0 Å². The fraction of sp³-hybridized carbons (Fsp3) is 0.273. The van der Waals surface area contributed by atoms with Crippen molar-refractivity contribution in [1.82, 2.24) is 9.97 Å². The average molecular weight is 468 g/mol. The van der Waals surface area contributed by atoms with Crippen molar-refractivity contribution in [3.8, 4) is 0 Å². The zero-order valence-electron chi connectivity index (χ0n) is 16.2. The third-order valence-electron chi connectivity index (χ3n) is 5.76. The van der Waals surface area contributed by atoms with Crippen LogP contribution in [0.1, 0.15) is 39.9 Å². The van der Waals surface area contributed by atoms with Crippen LogP contribution in [0.3, 0.4) is 0 Å². The first-order chi connectivity index (χ1) is 14.6. The number of carbonyl (C=O) groups excluding carboxylic acids is 1. The Morgan fingerprint density at radius 1 is 1.17 bits per heavy atom. The SMILES string of the molecule is Cc1nc(N2C(=O)C(c3csc4ccccc34)SC2=S)c2c3c(sc2n1)CCCC3. The van der Waals surface area contributed by atoms with Crippen molar-refractivity contribution in [2.75, 3.05) is 4.90 Å². The van der Waals surface area contributed by atoms with E-state index in [1.807, 2.05) is 19.1 Å². The Labute approximate surface area is 191 Å². The van der Waals surface area contributed by atoms with E-state index < -0.39 is 0 Å². The molecule has 0 bridgehead atoms. The Bertz CT molecular complexity index is 1360. The lowest BCUT2D eigenvalue weighted by molar-refractivity contribution is -0.117. The Balaban J connectivity index is 1.50. The van der Waals surface area contributed by atoms with E-state index in [-0.39, 0.29) is 11.2 Å². The second-order valence-electron chi connectivity index (χ2n) is 7.61. The van der Waals surface area contributed by atoms with E-state index in [4.69, 9.17) is 22.2 Å². The highest BCUT2D eigenvalue weighted by molar-refractivity contribution is 8.24. The van der Waals surface area contributed by atoms with Crippen LogP contribution >= 0.6 is 46.7 Å². The van der Waals surface area contributed by atoms with Gasteiger partial charge in [-0.15, -0.1) is 22.7 Å². The number of anilines is 1. The Morgan fingerprint density at radius 2 is 2.00 bits per heavy atom. The molecule has 1 atom stereocenters. The van der Waals surface area contributed by atoms with Crippen LogP contribution in [0.25, 0.3) is 20.3 Å². The summed E-state index contributed by atoms with van der Waals surface area (Å²) in [6.45, 7) is 1.89. The van der Waals surface area contributed by atoms with Gasteiger partial charge in [0, 0.05) is 9.58 Å². The lowest BCUT2D eigenvalue weighted by Crippen LogP contribution is -2.30. The molecule has 4 heterocycles. The summed E-state index contributed by atoms with van der Waals surface area (Å²) in [5, 5.41) is 3.94. The molecule has 2 aliphatic rings. The average Bonchev–Trinajstić information content (AvgIpc) is 3.40. The molecular formula is C22H17N3OS4. The topological polar surface area (TPSA) is 46.1 Å². The second kappa shape index (κ2) is 7.09. The highest BCUT2D eigenvalue weighted by Crippen LogP contribution is 2.48. The number of thiocarbonyl (C=S) groups is 1. The van der Waals surface area contributed by atoms with Crippen LogP contribution in [0, 0.1) is 6.92 Å². The molecule has 30 heavy (non-hydrogen) atoms. The van der Waals surface area contributed by atoms with E-state index >= 15 is 0 Å². The standard InChI is InChI=1S/C22H17N3OS4/c1-11-23-19(17-13-7-3-5-9-16(13)29-20(17)24-11)25-21(26)18(30-22(25)27)14-10-28-15-8-4-2-6-12(14)15/h2,4,6,8,10,18H,3,5,7,9H2,1H3. The van der Waals surface area contributed by atoms with E-state index in [1.54, 1.807) is 27.6 Å². The van der Waals surface area contributed by atoms with E-state index in [9.17, 15) is 4.79 Å². The summed E-state index contributed by atoms with van der Waals surface area (Å²) in [5.74, 6) is 1.37.